The monoisotopic (exact) mass is 200 g/mol. The van der Waals surface area contributed by atoms with Crippen LogP contribution in [0.3, 0.4) is 0 Å². The van der Waals surface area contributed by atoms with E-state index in [-0.39, 0.29) is 51.4 Å². The Kier molecular flexibility index (Phi) is 8.75. The quantitative estimate of drug-likeness (QED) is 0.472. The number of carbonyl (C=O) groups is 2. The molecule has 66 valence electrons. The van der Waals surface area contributed by atoms with Gasteiger partial charge in [0.25, 0.3) is 0 Å². The van der Waals surface area contributed by atoms with Crippen LogP contribution in [0.15, 0.2) is 0 Å². The molecular weight excluding hydrogens is 187 g/mol. The third-order valence-electron chi connectivity index (χ3n) is 1.14. The van der Waals surface area contributed by atoms with E-state index in [1.54, 1.807) is 0 Å². The van der Waals surface area contributed by atoms with E-state index in [1.165, 1.54) is 13.8 Å². The minimum absolute atomic E-state index is 0. The molecule has 0 spiro atoms. The Morgan fingerprint density at radius 2 is 1.83 bits per heavy atom. The first kappa shape index (κ1) is 15.0. The summed E-state index contributed by atoms with van der Waals surface area (Å²) in [5.41, 5.74) is 5.18. The molecule has 2 atom stereocenters. The van der Waals surface area contributed by atoms with E-state index in [4.69, 9.17) is 10.8 Å². The van der Waals surface area contributed by atoms with Gasteiger partial charge in [-0.1, -0.05) is 0 Å². The van der Waals surface area contributed by atoms with Crippen LogP contribution in [0.1, 0.15) is 13.8 Å². The van der Waals surface area contributed by atoms with Crippen molar-refractivity contribution in [3.8, 4) is 0 Å². The van der Waals surface area contributed by atoms with Gasteiger partial charge in [0.2, 0.25) is 5.91 Å². The summed E-state index contributed by atoms with van der Waals surface area (Å²) in [7, 11) is 0. The van der Waals surface area contributed by atoms with Crippen LogP contribution in [-0.2, 0) is 9.59 Å². The second kappa shape index (κ2) is 6.99. The zero-order chi connectivity index (χ0) is 9.02. The van der Waals surface area contributed by atoms with Crippen LogP contribution >= 0.6 is 0 Å². The summed E-state index contributed by atoms with van der Waals surface area (Å²) in [6.45, 7) is 2.87. The fraction of sp³-hybridized carbons (Fsp3) is 0.667. The molecule has 0 aromatic carbocycles. The Morgan fingerprint density at radius 3 is 2.08 bits per heavy atom. The number of amides is 1. The molecule has 12 heavy (non-hydrogen) atoms. The van der Waals surface area contributed by atoms with Gasteiger partial charge in [-0.15, -0.1) is 0 Å². The van der Waals surface area contributed by atoms with Crippen molar-refractivity contribution >= 4 is 63.3 Å². The average molecular weight is 200 g/mol. The molecule has 0 aliphatic heterocycles. The van der Waals surface area contributed by atoms with Crippen molar-refractivity contribution in [3.05, 3.63) is 0 Å². The zero-order valence-electron chi connectivity index (χ0n) is 6.50. The second-order valence-electron chi connectivity index (χ2n) is 2.36. The van der Waals surface area contributed by atoms with Gasteiger partial charge in [-0.05, 0) is 13.8 Å². The summed E-state index contributed by atoms with van der Waals surface area (Å²) < 4.78 is 0. The summed E-state index contributed by atoms with van der Waals surface area (Å²) in [4.78, 5) is 21.0. The van der Waals surface area contributed by atoms with E-state index >= 15 is 0 Å². The van der Waals surface area contributed by atoms with Gasteiger partial charge in [-0.3, -0.25) is 9.59 Å². The topological polar surface area (TPSA) is 92.4 Å². The number of carboxylic acids is 1. The molecule has 5 nitrogen and oxygen atoms in total. The van der Waals surface area contributed by atoms with Crippen LogP contribution in [0.25, 0.3) is 0 Å². The van der Waals surface area contributed by atoms with Gasteiger partial charge >= 0.3 is 57.4 Å². The van der Waals surface area contributed by atoms with Crippen molar-refractivity contribution in [3.63, 3.8) is 0 Å². The molecule has 0 aliphatic carbocycles. The molecule has 0 rings (SSSR count). The van der Waals surface area contributed by atoms with Gasteiger partial charge in [0.15, 0.2) is 0 Å². The van der Waals surface area contributed by atoms with Crippen LogP contribution < -0.4 is 11.1 Å². The molecule has 1 amide bonds. The van der Waals surface area contributed by atoms with E-state index in [0.717, 1.165) is 0 Å². The molecule has 0 fully saturated rings. The molecule has 0 aliphatic rings. The molecule has 4 N–H and O–H groups in total. The molecule has 0 unspecified atom stereocenters. The van der Waals surface area contributed by atoms with Crippen LogP contribution in [-0.4, -0.2) is 80.5 Å². The first-order chi connectivity index (χ1) is 4.95. The molecule has 0 radical (unpaired) electrons. The number of nitrogens with two attached hydrogens (primary N) is 1. The first-order valence-corrected chi connectivity index (χ1v) is 3.24. The Bertz CT molecular complexity index is 172. The van der Waals surface area contributed by atoms with Crippen LogP contribution in [0.4, 0.5) is 0 Å². The predicted molar refractivity (Wildman–Crippen MR) is 46.0 cm³/mol. The fourth-order valence-corrected chi connectivity index (χ4v) is 0.407. The number of hydrogen-bond acceptors (Lipinski definition) is 3. The summed E-state index contributed by atoms with van der Waals surface area (Å²) in [6, 6.07) is -1.55. The number of carboxylic acid groups (broad SMARTS) is 1. The van der Waals surface area contributed by atoms with E-state index in [2.05, 4.69) is 5.32 Å². The summed E-state index contributed by atoms with van der Waals surface area (Å²) in [5, 5.41) is 10.6. The number of aliphatic carboxylic acids is 1. The SMILES string of the molecule is C[C@H](N)C(=O)N[C@@H](C)C(=O)O.[KH]. The standard InChI is InChI=1S/C6H12N2O3.K.H/c1-3(7)5(9)8-4(2)6(10)11;;/h3-4H,7H2,1-2H3,(H,8,9)(H,10,11);;/t3-,4-;;/m0../s1. The first-order valence-electron chi connectivity index (χ1n) is 3.24. The van der Waals surface area contributed by atoms with E-state index in [0.29, 0.717) is 0 Å². The van der Waals surface area contributed by atoms with Gasteiger partial charge < -0.3 is 16.2 Å². The van der Waals surface area contributed by atoms with Crippen molar-refractivity contribution in [2.24, 2.45) is 5.73 Å². The molecule has 0 saturated carbocycles. The van der Waals surface area contributed by atoms with Gasteiger partial charge in [-0.25, -0.2) is 0 Å². The molecule has 0 aromatic heterocycles. The second-order valence-corrected chi connectivity index (χ2v) is 2.36. The summed E-state index contributed by atoms with van der Waals surface area (Å²) in [6.07, 6.45) is 0. The number of nitrogens with one attached hydrogen (secondary N) is 1. The Hall–Kier alpha value is 0.536. The third kappa shape index (κ3) is 6.10. The fourth-order valence-electron chi connectivity index (χ4n) is 0.407. The van der Waals surface area contributed by atoms with Gasteiger partial charge in [0, 0.05) is 0 Å². The summed E-state index contributed by atoms with van der Waals surface area (Å²) >= 11 is 0. The molecule has 6 heteroatoms. The molecule has 0 saturated heterocycles. The van der Waals surface area contributed by atoms with Crippen molar-refractivity contribution in [1.29, 1.82) is 0 Å². The third-order valence-corrected chi connectivity index (χ3v) is 1.14. The maximum atomic E-state index is 10.8. The van der Waals surface area contributed by atoms with Gasteiger partial charge in [-0.2, -0.15) is 0 Å². The maximum absolute atomic E-state index is 10.8. The van der Waals surface area contributed by atoms with Crippen molar-refractivity contribution < 1.29 is 14.7 Å². The molecule has 0 heterocycles. The van der Waals surface area contributed by atoms with Crippen LogP contribution in [0.2, 0.25) is 0 Å². The molecule has 0 aromatic rings. The number of carbonyl (C=O) groups excluding carboxylic acids is 1. The van der Waals surface area contributed by atoms with E-state index in [9.17, 15) is 9.59 Å². The number of hydrogen-bond donors (Lipinski definition) is 3. The zero-order valence-corrected chi connectivity index (χ0v) is 6.50. The van der Waals surface area contributed by atoms with Crippen LogP contribution in [0, 0.1) is 0 Å². The van der Waals surface area contributed by atoms with Crippen molar-refractivity contribution in [2.45, 2.75) is 25.9 Å². The van der Waals surface area contributed by atoms with Gasteiger partial charge in [0.1, 0.15) is 6.04 Å². The Balaban J connectivity index is 0. The van der Waals surface area contributed by atoms with Crippen molar-refractivity contribution in [1.82, 2.24) is 5.32 Å². The van der Waals surface area contributed by atoms with E-state index < -0.39 is 24.0 Å². The minimum atomic E-state index is -1.07. The van der Waals surface area contributed by atoms with Crippen molar-refractivity contribution in [2.75, 3.05) is 0 Å². The average Bonchev–Trinajstić information content (AvgIpc) is 1.87. The number of rotatable bonds is 3. The molecular formula is C6H13KN2O3. The normalized spacial score (nSPS) is 13.9. The van der Waals surface area contributed by atoms with Gasteiger partial charge in [0.05, 0.1) is 6.04 Å². The van der Waals surface area contributed by atoms with Crippen LogP contribution in [0.5, 0.6) is 0 Å². The Morgan fingerprint density at radius 1 is 1.42 bits per heavy atom. The summed E-state index contributed by atoms with van der Waals surface area (Å²) in [5.74, 6) is -1.53. The van der Waals surface area contributed by atoms with E-state index in [1.807, 2.05) is 0 Å². The predicted octanol–water partition coefficient (Wildman–Crippen LogP) is -1.73. The Labute approximate surface area is 113 Å². The molecule has 0 bridgehead atoms.